The van der Waals surface area contributed by atoms with Crippen LogP contribution in [0.2, 0.25) is 0 Å². The van der Waals surface area contributed by atoms with Crippen LogP contribution in [0.15, 0.2) is 4.99 Å². The number of hydrogen-bond acceptors (Lipinski definition) is 4. The second kappa shape index (κ2) is 3.23. The molecule has 0 aliphatic rings. The molecule has 0 aromatic carbocycles. The average Bonchev–Trinajstić information content (AvgIpc) is 1.64. The topological polar surface area (TPSA) is 96.9 Å². The van der Waals surface area contributed by atoms with Gasteiger partial charge in [-0.1, -0.05) is 0 Å². The fourth-order valence-corrected chi connectivity index (χ4v) is 0.455. The zero-order valence-electron chi connectivity index (χ0n) is 5.57. The molecular weight excluding hydrogens is 120 g/mol. The highest BCUT2D eigenvalue weighted by Gasteiger charge is 2.02. The summed E-state index contributed by atoms with van der Waals surface area (Å²) in [6.45, 7) is 0. The van der Waals surface area contributed by atoms with Crippen molar-refractivity contribution in [3.8, 4) is 0 Å². The van der Waals surface area contributed by atoms with Gasteiger partial charge in [-0.25, -0.2) is 22.6 Å². The van der Waals surface area contributed by atoms with Gasteiger partial charge >= 0.3 is 0 Å². The van der Waals surface area contributed by atoms with Crippen molar-refractivity contribution in [2.24, 2.45) is 22.5 Å². The van der Waals surface area contributed by atoms with Gasteiger partial charge in [0.2, 0.25) is 5.96 Å². The van der Waals surface area contributed by atoms with Crippen molar-refractivity contribution in [1.82, 2.24) is 10.1 Å². The Morgan fingerprint density at radius 3 is 1.78 bits per heavy atom. The number of hydrazine groups is 3. The van der Waals surface area contributed by atoms with Crippen LogP contribution in [0.1, 0.15) is 0 Å². The van der Waals surface area contributed by atoms with Crippen LogP contribution in [0, 0.1) is 0 Å². The van der Waals surface area contributed by atoms with Crippen LogP contribution in [-0.2, 0) is 0 Å². The molecule has 0 heterocycles. The molecule has 0 spiro atoms. The third-order valence-corrected chi connectivity index (χ3v) is 0.746. The summed E-state index contributed by atoms with van der Waals surface area (Å²) < 4.78 is 0. The van der Waals surface area contributed by atoms with E-state index in [1.54, 1.807) is 14.1 Å². The van der Waals surface area contributed by atoms with Crippen molar-refractivity contribution >= 4 is 5.96 Å². The maximum atomic E-state index is 5.25. The summed E-state index contributed by atoms with van der Waals surface area (Å²) in [6, 6.07) is 0. The van der Waals surface area contributed by atoms with Gasteiger partial charge in [0.1, 0.15) is 0 Å². The van der Waals surface area contributed by atoms with E-state index in [1.165, 1.54) is 5.01 Å². The first-order valence-electron chi connectivity index (χ1n) is 2.34. The summed E-state index contributed by atoms with van der Waals surface area (Å²) in [6.07, 6.45) is 0. The summed E-state index contributed by atoms with van der Waals surface area (Å²) in [4.78, 5) is 3.68. The van der Waals surface area contributed by atoms with E-state index in [1.807, 2.05) is 0 Å². The Hall–Kier alpha value is -0.850. The molecule has 6 N–H and O–H groups in total. The number of nitrogens with two attached hydrogens (primary N) is 3. The lowest BCUT2D eigenvalue weighted by atomic mass is 10.9. The zero-order valence-corrected chi connectivity index (χ0v) is 5.57. The van der Waals surface area contributed by atoms with Crippen molar-refractivity contribution in [2.75, 3.05) is 14.1 Å². The van der Waals surface area contributed by atoms with Gasteiger partial charge in [0.25, 0.3) is 0 Å². The summed E-state index contributed by atoms with van der Waals surface area (Å²) in [5.74, 6) is 15.8. The molecule has 0 fully saturated rings. The summed E-state index contributed by atoms with van der Waals surface area (Å²) in [7, 11) is 3.14. The molecule has 0 aliphatic carbocycles. The minimum absolute atomic E-state index is 0.315. The molecule has 0 atom stereocenters. The Balaban J connectivity index is 4.01. The number of hydrogen-bond donors (Lipinski definition) is 3. The Kier molecular flexibility index (Phi) is 2.93. The monoisotopic (exact) mass is 132 g/mol. The van der Waals surface area contributed by atoms with Gasteiger partial charge in [0.15, 0.2) is 0 Å². The molecule has 0 bridgehead atoms. The molecule has 6 heteroatoms. The van der Waals surface area contributed by atoms with Gasteiger partial charge in [-0.2, -0.15) is 0 Å². The largest absolute Gasteiger partial charge is 0.282 e. The van der Waals surface area contributed by atoms with Gasteiger partial charge < -0.3 is 0 Å². The Morgan fingerprint density at radius 1 is 1.33 bits per heavy atom. The molecule has 0 radical (unpaired) electrons. The maximum absolute atomic E-state index is 5.25. The van der Waals surface area contributed by atoms with Crippen LogP contribution in [0.25, 0.3) is 0 Å². The predicted octanol–water partition coefficient (Wildman–Crippen LogP) is -2.17. The molecule has 0 amide bonds. The van der Waals surface area contributed by atoms with Crippen LogP contribution >= 0.6 is 0 Å². The quantitative estimate of drug-likeness (QED) is 0.151. The molecule has 0 aliphatic heterocycles. The summed E-state index contributed by atoms with van der Waals surface area (Å²) in [5.41, 5.74) is 0. The van der Waals surface area contributed by atoms with Gasteiger partial charge in [0, 0.05) is 14.1 Å². The molecular formula is C3H12N6. The van der Waals surface area contributed by atoms with Gasteiger partial charge in [-0.3, -0.25) is 10.0 Å². The van der Waals surface area contributed by atoms with Crippen molar-refractivity contribution in [2.45, 2.75) is 0 Å². The predicted molar refractivity (Wildman–Crippen MR) is 35.5 cm³/mol. The number of nitrogens with zero attached hydrogens (tertiary/aromatic N) is 3. The van der Waals surface area contributed by atoms with Crippen LogP contribution in [0.4, 0.5) is 0 Å². The summed E-state index contributed by atoms with van der Waals surface area (Å²) >= 11 is 0. The second-order valence-electron chi connectivity index (χ2n) is 1.54. The molecule has 0 saturated carbocycles. The first-order chi connectivity index (χ1) is 4.09. The SMILES string of the molecule is CN=C(N(C)N)N(N)N. The molecule has 0 unspecified atom stereocenters. The molecule has 54 valence electrons. The minimum atomic E-state index is 0.315. The van der Waals surface area contributed by atoms with Crippen molar-refractivity contribution < 1.29 is 0 Å². The first-order valence-corrected chi connectivity index (χ1v) is 2.34. The maximum Gasteiger partial charge on any atom is 0.240 e. The molecule has 9 heavy (non-hydrogen) atoms. The van der Waals surface area contributed by atoms with Gasteiger partial charge in [-0.05, 0) is 0 Å². The van der Waals surface area contributed by atoms with Crippen LogP contribution in [0.5, 0.6) is 0 Å². The molecule has 0 aromatic heterocycles. The molecule has 0 rings (SSSR count). The van der Waals surface area contributed by atoms with E-state index in [4.69, 9.17) is 17.5 Å². The lowest BCUT2D eigenvalue weighted by Crippen LogP contribution is -2.53. The highest BCUT2D eigenvalue weighted by Crippen LogP contribution is 1.76. The third-order valence-electron chi connectivity index (χ3n) is 0.746. The van der Waals surface area contributed by atoms with Gasteiger partial charge in [0.05, 0.1) is 0 Å². The fraction of sp³-hybridized carbons (Fsp3) is 0.667. The first kappa shape index (κ1) is 8.15. The summed E-state index contributed by atoms with van der Waals surface area (Å²) in [5, 5.41) is 2.07. The highest BCUT2D eigenvalue weighted by molar-refractivity contribution is 5.77. The van der Waals surface area contributed by atoms with E-state index in [-0.39, 0.29) is 0 Å². The van der Waals surface area contributed by atoms with Gasteiger partial charge in [-0.15, -0.1) is 0 Å². The Morgan fingerprint density at radius 2 is 1.78 bits per heavy atom. The Labute approximate surface area is 53.8 Å². The fourth-order valence-electron chi connectivity index (χ4n) is 0.455. The number of guanidine groups is 1. The third kappa shape index (κ3) is 2.27. The second-order valence-corrected chi connectivity index (χ2v) is 1.54. The smallest absolute Gasteiger partial charge is 0.240 e. The van der Waals surface area contributed by atoms with E-state index in [0.717, 1.165) is 5.12 Å². The molecule has 0 aromatic rings. The standard InChI is InChI=1S/C3H12N6/c1-7-3(8(2)4)9(5)6/h4-6H2,1-2H3. The zero-order chi connectivity index (χ0) is 7.44. The van der Waals surface area contributed by atoms with E-state index in [0.29, 0.717) is 5.96 Å². The molecule has 6 nitrogen and oxygen atoms in total. The highest BCUT2D eigenvalue weighted by atomic mass is 15.7. The lowest BCUT2D eigenvalue weighted by molar-refractivity contribution is 0.370. The molecule has 0 saturated heterocycles. The van der Waals surface area contributed by atoms with E-state index >= 15 is 0 Å². The van der Waals surface area contributed by atoms with E-state index in [9.17, 15) is 0 Å². The van der Waals surface area contributed by atoms with Crippen LogP contribution < -0.4 is 17.5 Å². The Bertz CT molecular complexity index is 94.9. The number of rotatable bonds is 0. The minimum Gasteiger partial charge on any atom is -0.282 e. The van der Waals surface area contributed by atoms with Crippen LogP contribution in [-0.4, -0.2) is 30.2 Å². The van der Waals surface area contributed by atoms with Crippen molar-refractivity contribution in [3.05, 3.63) is 0 Å². The normalized spacial score (nSPS) is 11.4. The van der Waals surface area contributed by atoms with Crippen LogP contribution in [0.3, 0.4) is 0 Å². The average molecular weight is 132 g/mol. The van der Waals surface area contributed by atoms with E-state index in [2.05, 4.69) is 4.99 Å². The lowest BCUT2D eigenvalue weighted by Gasteiger charge is -2.19. The van der Waals surface area contributed by atoms with E-state index < -0.39 is 0 Å². The van der Waals surface area contributed by atoms with Crippen molar-refractivity contribution in [3.63, 3.8) is 0 Å². The van der Waals surface area contributed by atoms with Crippen molar-refractivity contribution in [1.29, 1.82) is 0 Å². The number of aliphatic imine (C=N–C) groups is 1.